The molecule has 0 amide bonds. The lowest BCUT2D eigenvalue weighted by Crippen LogP contribution is -1.60. The maximum Gasteiger partial charge on any atom is 0 e. The van der Waals surface area contributed by atoms with Gasteiger partial charge in [0.2, 0.25) is 0 Å². The second-order valence-electron chi connectivity index (χ2n) is 0.163. The molecule has 16 heteroatoms. The summed E-state index contributed by atoms with van der Waals surface area (Å²) in [6.45, 7) is 0. The lowest BCUT2D eigenvalue weighted by Gasteiger charge is -1.56. The molecule has 0 unspecified atom stereocenters. The zero-order chi connectivity index (χ0) is 13.4. The second-order valence-corrected chi connectivity index (χ2v) is 0.163. The Labute approximate surface area is 99.1 Å². The Balaban J connectivity index is -0.00000000517. The molecule has 0 aromatic rings. The average Bonchev–Trinajstić information content (AvgIpc) is 2.31. The summed E-state index contributed by atoms with van der Waals surface area (Å²) in [5.41, 5.74) is 9.00. The van der Waals surface area contributed by atoms with E-state index in [9.17, 15) is 0 Å². The lowest BCUT2D eigenvalue weighted by molar-refractivity contribution is -0.465. The first kappa shape index (κ1) is 98.9. The lowest BCUT2D eigenvalue weighted by atomic mass is 12.0. The molecule has 0 aromatic carbocycles. The smallest absolute Gasteiger partial charge is 0 e. The van der Waals surface area contributed by atoms with E-state index in [1.807, 2.05) is 0 Å². The van der Waals surface area contributed by atoms with Crippen LogP contribution in [0.1, 0.15) is 14.9 Å². The van der Waals surface area contributed by atoms with Crippen LogP contribution in [0.25, 0.3) is 0 Å². The third kappa shape index (κ3) is 653. The molecule has 0 saturated carbocycles. The molecule has 0 saturated heterocycles. The fraction of sp³-hybridized carbons (Fsp3) is 1.00. The normalized spacial score (nSPS) is 2.89. The van der Waals surface area contributed by atoms with Gasteiger partial charge in [-0.2, -0.15) is 9.81 Å². The van der Waals surface area contributed by atoms with Crippen molar-refractivity contribution >= 4 is 0 Å². The van der Waals surface area contributed by atoms with Crippen LogP contribution >= 0.6 is 0 Å². The molecule has 0 spiro atoms. The average molecular weight is 294 g/mol. The Kier molecular flexibility index (Phi) is 2570000. The van der Waals surface area contributed by atoms with Crippen molar-refractivity contribution in [3.8, 4) is 0 Å². The highest BCUT2D eigenvalue weighted by Crippen LogP contribution is 1.24. The van der Waals surface area contributed by atoms with Crippen molar-refractivity contribution in [3.05, 3.63) is 29.7 Å². The van der Waals surface area contributed by atoms with E-state index in [-0.39, 0.29) is 25.8 Å². The van der Waals surface area contributed by atoms with Crippen molar-refractivity contribution in [3.63, 3.8) is 0 Å². The molecule has 0 aliphatic carbocycles. The third-order valence-corrected chi connectivity index (χ3v) is 0. The molecular formula is C2H18N2O14. The zero-order valence-electron chi connectivity index (χ0n) is 7.05. The fourth-order valence-corrected chi connectivity index (χ4v) is 0. The molecule has 0 atom stereocenters. The van der Waals surface area contributed by atoms with Crippen molar-refractivity contribution in [1.82, 2.24) is 0 Å². The summed E-state index contributed by atoms with van der Waals surface area (Å²) in [5, 5.41) is 31.0. The van der Waals surface area contributed by atoms with E-state index in [0.717, 1.165) is 0 Å². The second kappa shape index (κ2) is 467000. The summed E-state index contributed by atoms with van der Waals surface area (Å²) in [5.74, 6) is 0. The standard InChI is InChI=1S/2CH4.2HNO.2H2O3.2O2.2H2O/c;;2*1-2;2*1-3-2;2*1-2;;/h2*1H4;2*1H;2*1-2H;;;2*1H2. The molecule has 0 fully saturated rings. The molecule has 0 heterocycles. The summed E-state index contributed by atoms with van der Waals surface area (Å²) >= 11 is 0. The van der Waals surface area contributed by atoms with Crippen molar-refractivity contribution in [2.24, 2.45) is 0 Å². The maximum atomic E-state index is 7.50. The highest BCUT2D eigenvalue weighted by atomic mass is 17.4. The SMILES string of the molecule is C.C.N=O.N=O.O.O.O=O.O=O.OOO.OOO. The van der Waals surface area contributed by atoms with Crippen molar-refractivity contribution in [1.29, 1.82) is 11.2 Å². The van der Waals surface area contributed by atoms with Crippen LogP contribution in [0.5, 0.6) is 0 Å². The van der Waals surface area contributed by atoms with Gasteiger partial charge in [0.1, 0.15) is 0 Å². The molecule has 0 rings (SSSR count). The number of hydrogen-bond acceptors (Lipinski definition) is 14. The van der Waals surface area contributed by atoms with Gasteiger partial charge in [0.15, 0.2) is 0 Å². The number of nitrogens with one attached hydrogen (secondary N) is 2. The summed E-state index contributed by atoms with van der Waals surface area (Å²) in [4.78, 5) is 43.0. The molecular weight excluding hydrogens is 276 g/mol. The topological polar surface area (TPSA) is 312 Å². The number of rotatable bonds is 0. The summed E-state index contributed by atoms with van der Waals surface area (Å²) in [7, 11) is 0. The van der Waals surface area contributed by atoms with Gasteiger partial charge < -0.3 is 11.0 Å². The minimum absolute atomic E-state index is 0. The zero-order valence-corrected chi connectivity index (χ0v) is 7.05. The molecule has 0 aliphatic heterocycles. The Morgan fingerprint density at radius 1 is 0.556 bits per heavy atom. The third-order valence-electron chi connectivity index (χ3n) is 0. The Morgan fingerprint density at radius 3 is 0.556 bits per heavy atom. The van der Waals surface area contributed by atoms with Crippen LogP contribution in [0.3, 0.4) is 0 Å². The number of hydrogen-bond donors (Lipinski definition) is 6. The van der Waals surface area contributed by atoms with Crippen LogP contribution in [0, 0.1) is 40.9 Å². The van der Waals surface area contributed by atoms with Gasteiger partial charge in [-0.25, -0.2) is 21.0 Å². The van der Waals surface area contributed by atoms with Gasteiger partial charge in [-0.1, -0.05) is 36.1 Å². The van der Waals surface area contributed by atoms with E-state index < -0.39 is 0 Å². The molecule has 16 nitrogen and oxygen atoms in total. The van der Waals surface area contributed by atoms with E-state index in [1.165, 1.54) is 0 Å². The first-order valence-electron chi connectivity index (χ1n) is 1.47. The van der Waals surface area contributed by atoms with Crippen LogP contribution in [-0.4, -0.2) is 32.0 Å². The summed E-state index contributed by atoms with van der Waals surface area (Å²) in [6, 6.07) is 0. The molecule has 0 bridgehead atoms. The van der Waals surface area contributed by atoms with Gasteiger partial charge in [0.25, 0.3) is 0 Å². The predicted molar refractivity (Wildman–Crippen MR) is 59.0 cm³/mol. The van der Waals surface area contributed by atoms with Crippen molar-refractivity contribution < 1.29 is 42.1 Å². The van der Waals surface area contributed by atoms with Gasteiger partial charge in [0, 0.05) is 19.9 Å². The highest BCUT2D eigenvalue weighted by Gasteiger charge is 1.27. The van der Waals surface area contributed by atoms with Crippen LogP contribution < -0.4 is 0 Å². The summed E-state index contributed by atoms with van der Waals surface area (Å²) in [6.07, 6.45) is 0. The largest absolute Gasteiger partial charge is 0.412 e. The quantitative estimate of drug-likeness (QED) is 0.199. The van der Waals surface area contributed by atoms with Gasteiger partial charge in [-0.05, 0) is 0 Å². The van der Waals surface area contributed by atoms with E-state index in [0.29, 0.717) is 0 Å². The van der Waals surface area contributed by atoms with Gasteiger partial charge in [-0.3, -0.25) is 0 Å². The van der Waals surface area contributed by atoms with Crippen molar-refractivity contribution in [2.75, 3.05) is 0 Å². The highest BCUT2D eigenvalue weighted by molar-refractivity contribution is 4.08. The van der Waals surface area contributed by atoms with Crippen molar-refractivity contribution in [2.45, 2.75) is 14.9 Å². The van der Waals surface area contributed by atoms with E-state index in [4.69, 9.17) is 50.7 Å². The van der Waals surface area contributed by atoms with Crippen LogP contribution in [0.4, 0.5) is 0 Å². The Bertz CT molecular complexity index is 38.8. The van der Waals surface area contributed by atoms with E-state index >= 15 is 0 Å². The minimum atomic E-state index is 0. The minimum Gasteiger partial charge on any atom is -0.412 e. The molecule has 0 aromatic heterocycles. The molecule has 120 valence electrons. The van der Waals surface area contributed by atoms with E-state index in [1.54, 1.807) is 0 Å². The molecule has 0 radical (unpaired) electrons. The Morgan fingerprint density at radius 2 is 0.556 bits per heavy atom. The molecule has 0 aliphatic rings. The van der Waals surface area contributed by atoms with Gasteiger partial charge in [-0.15, -0.1) is 0 Å². The maximum absolute atomic E-state index is 7.50. The van der Waals surface area contributed by atoms with Crippen LogP contribution in [0.2, 0.25) is 0 Å². The molecule has 18 heavy (non-hydrogen) atoms. The van der Waals surface area contributed by atoms with Gasteiger partial charge in [0.05, 0.1) is 0 Å². The van der Waals surface area contributed by atoms with Gasteiger partial charge >= 0.3 is 0 Å². The fourth-order valence-electron chi connectivity index (χ4n) is 0. The van der Waals surface area contributed by atoms with Crippen LogP contribution in [0.15, 0.2) is 0 Å². The summed E-state index contributed by atoms with van der Waals surface area (Å²) < 4.78 is 0. The Hall–Kier alpha value is -1.92. The van der Waals surface area contributed by atoms with Crippen LogP contribution in [-0.2, 0) is 10.1 Å². The predicted octanol–water partition coefficient (Wildman–Crippen LogP) is 0.318. The number of nitroso groups, excluding NO2 is 2. The monoisotopic (exact) mass is 294 g/mol. The van der Waals surface area contributed by atoms with E-state index in [2.05, 4.69) is 21.3 Å². The first-order valence-corrected chi connectivity index (χ1v) is 1.47. The first-order chi connectivity index (χ1) is 6.83. The molecule has 10 N–H and O–H groups in total.